The van der Waals surface area contributed by atoms with Crippen LogP contribution in [0.2, 0.25) is 0 Å². The van der Waals surface area contributed by atoms with Crippen LogP contribution in [0.5, 0.6) is 5.75 Å². The highest BCUT2D eigenvalue weighted by molar-refractivity contribution is 6.00. The van der Waals surface area contributed by atoms with Crippen LogP contribution in [-0.4, -0.2) is 68.2 Å². The Balaban J connectivity index is 1.16. The Morgan fingerprint density at radius 2 is 1.87 bits per heavy atom. The first-order chi connectivity index (χ1) is 22.9. The second-order valence-electron chi connectivity index (χ2n) is 12.5. The van der Waals surface area contributed by atoms with Crippen LogP contribution in [0.1, 0.15) is 38.5 Å². The predicted molar refractivity (Wildman–Crippen MR) is 181 cm³/mol. The van der Waals surface area contributed by atoms with Gasteiger partial charge in [-0.3, -0.25) is 19.9 Å². The zero-order chi connectivity index (χ0) is 32.3. The molecule has 1 aliphatic rings. The number of nitrogens with zero attached hydrogens (tertiary/aromatic N) is 5. The number of anilines is 1. The molecule has 47 heavy (non-hydrogen) atoms. The van der Waals surface area contributed by atoms with E-state index in [2.05, 4.69) is 35.5 Å². The van der Waals surface area contributed by atoms with Crippen molar-refractivity contribution in [2.24, 2.45) is 5.92 Å². The summed E-state index contributed by atoms with van der Waals surface area (Å²) in [6.07, 6.45) is 13.3. The average Bonchev–Trinajstić information content (AvgIpc) is 3.69. The van der Waals surface area contributed by atoms with Crippen LogP contribution in [-0.2, 0) is 4.79 Å². The molecule has 1 aromatic carbocycles. The maximum atomic E-state index is 14.7. The third kappa shape index (κ3) is 6.85. The predicted octanol–water partition coefficient (Wildman–Crippen LogP) is 7.22. The molecule has 7 rings (SSSR count). The molecule has 10 nitrogen and oxygen atoms in total. The Morgan fingerprint density at radius 1 is 1.00 bits per heavy atom. The van der Waals surface area contributed by atoms with Crippen molar-refractivity contribution in [2.45, 2.75) is 38.5 Å². The van der Waals surface area contributed by atoms with Crippen molar-refractivity contribution >= 4 is 33.5 Å². The van der Waals surface area contributed by atoms with E-state index >= 15 is 0 Å². The third-order valence-corrected chi connectivity index (χ3v) is 8.74. The van der Waals surface area contributed by atoms with E-state index < -0.39 is 0 Å². The van der Waals surface area contributed by atoms with Crippen LogP contribution in [0, 0.1) is 11.7 Å². The molecule has 0 radical (unpaired) electrons. The minimum Gasteiger partial charge on any atom is -0.492 e. The molecule has 0 bridgehead atoms. The molecule has 240 valence electrons. The summed E-state index contributed by atoms with van der Waals surface area (Å²) in [7, 11) is 3.93. The van der Waals surface area contributed by atoms with Crippen LogP contribution >= 0.6 is 0 Å². The van der Waals surface area contributed by atoms with E-state index in [1.807, 2.05) is 49.3 Å². The molecule has 0 aliphatic heterocycles. The summed E-state index contributed by atoms with van der Waals surface area (Å²) in [5, 5.41) is 12.4. The van der Waals surface area contributed by atoms with Gasteiger partial charge in [-0.2, -0.15) is 5.10 Å². The molecule has 0 unspecified atom stereocenters. The van der Waals surface area contributed by atoms with E-state index in [9.17, 15) is 9.18 Å². The number of halogens is 1. The third-order valence-electron chi connectivity index (χ3n) is 8.74. The fraction of sp³-hybridized carbons (Fsp3) is 0.306. The number of carbonyl (C=O) groups excluding carboxylic acids is 1. The lowest BCUT2D eigenvalue weighted by Gasteiger charge is -2.20. The number of nitrogens with one attached hydrogen (secondary N) is 3. The SMILES string of the molecule is CN(C)CCOc1cc(F)cc(-c2ccnc3[nH]c(-c4n[nH]c5cnc(-c6cncc(NC(=O)CC7CCCCC7)c6)cc45)cc23)c1. The van der Waals surface area contributed by atoms with Gasteiger partial charge in [0.05, 0.1) is 35.0 Å². The molecule has 3 N–H and O–H groups in total. The van der Waals surface area contributed by atoms with Gasteiger partial charge in [0.1, 0.15) is 29.5 Å². The van der Waals surface area contributed by atoms with Crippen molar-refractivity contribution in [3.8, 4) is 39.5 Å². The van der Waals surface area contributed by atoms with E-state index in [1.165, 1.54) is 31.4 Å². The lowest BCUT2D eigenvalue weighted by molar-refractivity contribution is -0.117. The largest absolute Gasteiger partial charge is 0.492 e. The Kier molecular flexibility index (Phi) is 8.62. The van der Waals surface area contributed by atoms with Crippen molar-refractivity contribution in [1.29, 1.82) is 0 Å². The molecule has 5 aromatic heterocycles. The number of fused-ring (bicyclic) bond motifs is 2. The van der Waals surface area contributed by atoms with E-state index in [4.69, 9.17) is 4.74 Å². The maximum absolute atomic E-state index is 14.7. The molecule has 0 atom stereocenters. The van der Waals surface area contributed by atoms with Crippen molar-refractivity contribution in [2.75, 3.05) is 32.6 Å². The molecule has 1 fully saturated rings. The highest BCUT2D eigenvalue weighted by Gasteiger charge is 2.19. The van der Waals surface area contributed by atoms with Crippen LogP contribution in [0.25, 0.3) is 55.7 Å². The van der Waals surface area contributed by atoms with Gasteiger partial charge in [0.15, 0.2) is 0 Å². The minimum atomic E-state index is -0.372. The highest BCUT2D eigenvalue weighted by Crippen LogP contribution is 2.36. The van der Waals surface area contributed by atoms with E-state index in [-0.39, 0.29) is 11.7 Å². The molecular weight excluding hydrogens is 595 g/mol. The number of ether oxygens (including phenoxy) is 1. The van der Waals surface area contributed by atoms with Gasteiger partial charge >= 0.3 is 0 Å². The standard InChI is InChI=1S/C36H37FN8O2/c1-45(2)10-11-47-27-15-23(13-25(37)16-27)28-8-9-39-36-29(28)17-32(42-36)35-30-18-31(40-21-33(30)43-44-35)24-14-26(20-38-19-24)41-34(46)12-22-6-4-3-5-7-22/h8-9,13-22H,3-7,10-12H2,1-2H3,(H,39,42)(H,41,46)(H,43,44). The number of amides is 1. The first-order valence-corrected chi connectivity index (χ1v) is 16.1. The van der Waals surface area contributed by atoms with Crippen LogP contribution in [0.15, 0.2) is 67.3 Å². The zero-order valence-corrected chi connectivity index (χ0v) is 26.5. The highest BCUT2D eigenvalue weighted by atomic mass is 19.1. The molecule has 5 heterocycles. The average molecular weight is 633 g/mol. The topological polar surface area (TPSA) is 125 Å². The number of aromatic amines is 2. The Hall–Kier alpha value is -5.16. The smallest absolute Gasteiger partial charge is 0.224 e. The quantitative estimate of drug-likeness (QED) is 0.146. The van der Waals surface area contributed by atoms with Gasteiger partial charge in [-0.25, -0.2) is 9.37 Å². The Bertz CT molecular complexity index is 2050. The van der Waals surface area contributed by atoms with Gasteiger partial charge in [0, 0.05) is 47.8 Å². The number of hydrogen-bond acceptors (Lipinski definition) is 7. The van der Waals surface area contributed by atoms with Crippen molar-refractivity contribution < 1.29 is 13.9 Å². The number of likely N-dealkylation sites (N-methyl/N-ethyl adjacent to an activating group) is 1. The molecule has 1 amide bonds. The van der Waals surface area contributed by atoms with Gasteiger partial charge in [0.25, 0.3) is 0 Å². The lowest BCUT2D eigenvalue weighted by Crippen LogP contribution is -2.19. The number of hydrogen-bond donors (Lipinski definition) is 3. The number of aromatic nitrogens is 6. The molecule has 11 heteroatoms. The Morgan fingerprint density at radius 3 is 2.72 bits per heavy atom. The second-order valence-corrected chi connectivity index (χ2v) is 12.5. The molecule has 0 saturated heterocycles. The minimum absolute atomic E-state index is 0.0227. The summed E-state index contributed by atoms with van der Waals surface area (Å²) in [6, 6.07) is 12.5. The number of carbonyl (C=O) groups is 1. The van der Waals surface area contributed by atoms with Crippen molar-refractivity contribution in [3.63, 3.8) is 0 Å². The van der Waals surface area contributed by atoms with E-state index in [0.29, 0.717) is 53.0 Å². The second kappa shape index (κ2) is 13.3. The van der Waals surface area contributed by atoms with Gasteiger partial charge in [-0.15, -0.1) is 0 Å². The molecule has 0 spiro atoms. The maximum Gasteiger partial charge on any atom is 0.224 e. The molecule has 1 saturated carbocycles. The van der Waals surface area contributed by atoms with Gasteiger partial charge in [-0.1, -0.05) is 19.3 Å². The van der Waals surface area contributed by atoms with Gasteiger partial charge in [-0.05, 0) is 80.4 Å². The lowest BCUT2D eigenvalue weighted by atomic mass is 9.87. The Labute approximate surface area is 271 Å². The monoisotopic (exact) mass is 632 g/mol. The fourth-order valence-electron chi connectivity index (χ4n) is 6.35. The summed E-state index contributed by atoms with van der Waals surface area (Å²) in [4.78, 5) is 31.7. The number of pyridine rings is 3. The first kappa shape index (κ1) is 30.5. The van der Waals surface area contributed by atoms with Crippen LogP contribution in [0.3, 0.4) is 0 Å². The summed E-state index contributed by atoms with van der Waals surface area (Å²) in [5.41, 5.74) is 6.53. The summed E-state index contributed by atoms with van der Waals surface area (Å²) in [6.45, 7) is 1.18. The van der Waals surface area contributed by atoms with Crippen molar-refractivity contribution in [3.05, 3.63) is 73.1 Å². The number of rotatable bonds is 10. The molecule has 1 aliphatic carbocycles. The molecule has 6 aromatic rings. The first-order valence-electron chi connectivity index (χ1n) is 16.1. The summed E-state index contributed by atoms with van der Waals surface area (Å²) >= 11 is 0. The normalized spacial score (nSPS) is 13.9. The van der Waals surface area contributed by atoms with Crippen LogP contribution in [0.4, 0.5) is 10.1 Å². The fourth-order valence-corrected chi connectivity index (χ4v) is 6.35. The van der Waals surface area contributed by atoms with E-state index in [1.54, 1.807) is 24.8 Å². The van der Waals surface area contributed by atoms with Gasteiger partial charge in [0.2, 0.25) is 5.91 Å². The number of H-pyrrole nitrogens is 2. The van der Waals surface area contributed by atoms with Crippen LogP contribution < -0.4 is 10.1 Å². The van der Waals surface area contributed by atoms with Gasteiger partial charge < -0.3 is 19.9 Å². The van der Waals surface area contributed by atoms with Crippen molar-refractivity contribution in [1.82, 2.24) is 35.0 Å². The summed E-state index contributed by atoms with van der Waals surface area (Å²) in [5.74, 6) is 0.583. The summed E-state index contributed by atoms with van der Waals surface area (Å²) < 4.78 is 20.5. The zero-order valence-electron chi connectivity index (χ0n) is 26.5. The number of benzene rings is 1. The van der Waals surface area contributed by atoms with E-state index in [0.717, 1.165) is 52.5 Å². The molecular formula is C36H37FN8O2.